The summed E-state index contributed by atoms with van der Waals surface area (Å²) in [7, 11) is 3.17. The highest BCUT2D eigenvalue weighted by molar-refractivity contribution is 5.98. The van der Waals surface area contributed by atoms with Crippen LogP contribution in [-0.2, 0) is 9.53 Å². The fraction of sp³-hybridized carbons (Fsp3) is 0.636. The van der Waals surface area contributed by atoms with Crippen molar-refractivity contribution >= 4 is 17.5 Å². The van der Waals surface area contributed by atoms with Crippen molar-refractivity contribution in [2.24, 2.45) is 5.92 Å². The Labute approximate surface area is 186 Å². The number of halogens is 3. The first kappa shape index (κ1) is 25.9. The predicted octanol–water partition coefficient (Wildman–Crippen LogP) is 3.40. The van der Waals surface area contributed by atoms with Gasteiger partial charge in [0.2, 0.25) is 5.91 Å². The van der Waals surface area contributed by atoms with Crippen molar-refractivity contribution < 1.29 is 32.2 Å². The number of alkyl halides is 3. The van der Waals surface area contributed by atoms with Gasteiger partial charge >= 0.3 is 6.18 Å². The predicted molar refractivity (Wildman–Crippen MR) is 115 cm³/mol. The van der Waals surface area contributed by atoms with E-state index in [4.69, 9.17) is 9.47 Å². The SMILES string of the molecule is CO[C@H]1CN(C)C(=O)c2ccc(NC(C)=O)cc2OC[C@H](C)N(CCC(F)(F)F)C[C@@H]1C. The van der Waals surface area contributed by atoms with E-state index in [1.54, 1.807) is 37.1 Å². The maximum atomic E-state index is 13.1. The Morgan fingerprint density at radius 2 is 1.97 bits per heavy atom. The Hall–Kier alpha value is -2.33. The summed E-state index contributed by atoms with van der Waals surface area (Å²) in [5, 5.41) is 2.65. The molecule has 2 amide bonds. The van der Waals surface area contributed by atoms with Gasteiger partial charge in [-0.25, -0.2) is 0 Å². The van der Waals surface area contributed by atoms with Crippen LogP contribution in [-0.4, -0.2) is 80.3 Å². The van der Waals surface area contributed by atoms with E-state index in [1.165, 1.54) is 18.9 Å². The Bertz CT molecular complexity index is 803. The highest BCUT2D eigenvalue weighted by atomic mass is 19.4. The molecule has 2 rings (SSSR count). The minimum absolute atomic E-state index is 0.0791. The van der Waals surface area contributed by atoms with E-state index < -0.39 is 12.6 Å². The van der Waals surface area contributed by atoms with Gasteiger partial charge in [-0.15, -0.1) is 0 Å². The molecule has 1 aromatic carbocycles. The fourth-order valence-electron chi connectivity index (χ4n) is 3.71. The smallest absolute Gasteiger partial charge is 0.390 e. The summed E-state index contributed by atoms with van der Waals surface area (Å²) >= 11 is 0. The second-order valence-electron chi connectivity index (χ2n) is 8.35. The quantitative estimate of drug-likeness (QED) is 0.747. The molecule has 7 nitrogen and oxygen atoms in total. The van der Waals surface area contributed by atoms with Crippen LogP contribution in [0.5, 0.6) is 5.75 Å². The highest BCUT2D eigenvalue weighted by Crippen LogP contribution is 2.27. The molecule has 0 saturated heterocycles. The average molecular weight is 460 g/mol. The van der Waals surface area contributed by atoms with Crippen molar-refractivity contribution in [2.45, 2.75) is 45.5 Å². The number of rotatable bonds is 4. The zero-order valence-corrected chi connectivity index (χ0v) is 19.2. The molecule has 0 aromatic heterocycles. The standard InChI is InChI=1S/C22H32F3N3O4/c1-14-11-28(9-8-22(23,24)25)15(2)13-32-19-10-17(26-16(3)29)6-7-18(19)21(30)27(4)12-20(14)31-5/h6-7,10,14-15,20H,8-9,11-13H2,1-5H3,(H,26,29)/t14-,15-,20-/m0/s1. The van der Waals surface area contributed by atoms with Gasteiger partial charge < -0.3 is 19.7 Å². The summed E-state index contributed by atoms with van der Waals surface area (Å²) in [5.41, 5.74) is 0.766. The number of carbonyl (C=O) groups is 2. The molecule has 0 fully saturated rings. The van der Waals surface area contributed by atoms with Gasteiger partial charge in [0, 0.05) is 58.5 Å². The monoisotopic (exact) mass is 459 g/mol. The molecular weight excluding hydrogens is 427 g/mol. The number of benzene rings is 1. The molecule has 1 heterocycles. The van der Waals surface area contributed by atoms with E-state index >= 15 is 0 Å². The average Bonchev–Trinajstić information content (AvgIpc) is 2.70. The summed E-state index contributed by atoms with van der Waals surface area (Å²) in [6.07, 6.45) is -5.55. The van der Waals surface area contributed by atoms with Gasteiger partial charge in [-0.3, -0.25) is 14.5 Å². The van der Waals surface area contributed by atoms with Crippen LogP contribution in [0.2, 0.25) is 0 Å². The number of fused-ring (bicyclic) bond motifs is 1. The number of anilines is 1. The lowest BCUT2D eigenvalue weighted by Gasteiger charge is -2.36. The van der Waals surface area contributed by atoms with Crippen molar-refractivity contribution in [3.05, 3.63) is 23.8 Å². The van der Waals surface area contributed by atoms with Crippen molar-refractivity contribution in [3.8, 4) is 5.75 Å². The maximum Gasteiger partial charge on any atom is 0.390 e. The first-order valence-electron chi connectivity index (χ1n) is 10.5. The Kier molecular flexibility index (Phi) is 8.91. The molecule has 3 atom stereocenters. The molecule has 0 aliphatic carbocycles. The second kappa shape index (κ2) is 11.0. The molecule has 0 radical (unpaired) electrons. The number of likely N-dealkylation sites (N-methyl/N-ethyl adjacent to an activating group) is 1. The zero-order valence-electron chi connectivity index (χ0n) is 19.2. The van der Waals surface area contributed by atoms with Crippen molar-refractivity contribution in [1.82, 2.24) is 9.80 Å². The second-order valence-corrected chi connectivity index (χ2v) is 8.35. The minimum Gasteiger partial charge on any atom is -0.491 e. The van der Waals surface area contributed by atoms with Gasteiger partial charge in [0.1, 0.15) is 12.4 Å². The van der Waals surface area contributed by atoms with Crippen molar-refractivity contribution in [1.29, 1.82) is 0 Å². The molecule has 0 spiro atoms. The molecule has 0 bridgehead atoms. The van der Waals surface area contributed by atoms with E-state index in [1.807, 2.05) is 6.92 Å². The fourth-order valence-corrected chi connectivity index (χ4v) is 3.71. The third-order valence-electron chi connectivity index (χ3n) is 5.58. The lowest BCUT2D eigenvalue weighted by Crippen LogP contribution is -2.47. The maximum absolute atomic E-state index is 13.1. The van der Waals surface area contributed by atoms with Gasteiger partial charge in [-0.05, 0) is 25.0 Å². The van der Waals surface area contributed by atoms with Crippen molar-refractivity contribution in [3.63, 3.8) is 0 Å². The first-order chi connectivity index (χ1) is 14.9. The van der Waals surface area contributed by atoms with Crippen LogP contribution in [0.3, 0.4) is 0 Å². The number of nitrogens with zero attached hydrogens (tertiary/aromatic N) is 2. The molecule has 0 unspecified atom stereocenters. The van der Waals surface area contributed by atoms with E-state index in [0.29, 0.717) is 17.8 Å². The van der Waals surface area contributed by atoms with E-state index in [-0.39, 0.29) is 55.3 Å². The summed E-state index contributed by atoms with van der Waals surface area (Å²) in [6.45, 7) is 5.61. The molecule has 1 N–H and O–H groups in total. The van der Waals surface area contributed by atoms with Gasteiger partial charge in [-0.2, -0.15) is 13.2 Å². The Morgan fingerprint density at radius 1 is 1.28 bits per heavy atom. The van der Waals surface area contributed by atoms with Gasteiger partial charge in [-0.1, -0.05) is 6.92 Å². The van der Waals surface area contributed by atoms with Crippen LogP contribution in [0.15, 0.2) is 18.2 Å². The largest absolute Gasteiger partial charge is 0.491 e. The summed E-state index contributed by atoms with van der Waals surface area (Å²) in [6, 6.07) is 4.39. The van der Waals surface area contributed by atoms with Crippen LogP contribution < -0.4 is 10.1 Å². The number of hydrogen-bond donors (Lipinski definition) is 1. The number of nitrogens with one attached hydrogen (secondary N) is 1. The molecule has 0 saturated carbocycles. The number of amides is 2. The topological polar surface area (TPSA) is 71.1 Å². The number of ether oxygens (including phenoxy) is 2. The first-order valence-corrected chi connectivity index (χ1v) is 10.5. The zero-order chi connectivity index (χ0) is 24.1. The molecule has 180 valence electrons. The third-order valence-corrected chi connectivity index (χ3v) is 5.58. The van der Waals surface area contributed by atoms with E-state index in [2.05, 4.69) is 5.32 Å². The van der Waals surface area contributed by atoms with E-state index in [0.717, 1.165) is 0 Å². The van der Waals surface area contributed by atoms with Crippen LogP contribution in [0.1, 0.15) is 37.6 Å². The molecule has 1 aliphatic rings. The van der Waals surface area contributed by atoms with Gasteiger partial charge in [0.05, 0.1) is 18.1 Å². The number of methoxy groups -OCH3 is 1. The lowest BCUT2D eigenvalue weighted by atomic mass is 10.0. The summed E-state index contributed by atoms with van der Waals surface area (Å²) in [4.78, 5) is 27.7. The van der Waals surface area contributed by atoms with E-state index in [9.17, 15) is 22.8 Å². The summed E-state index contributed by atoms with van der Waals surface area (Å²) < 4.78 is 50.2. The highest BCUT2D eigenvalue weighted by Gasteiger charge is 2.32. The number of carbonyl (C=O) groups excluding carboxylic acids is 2. The molecule has 1 aliphatic heterocycles. The normalized spacial score (nSPS) is 23.6. The Balaban J connectivity index is 2.39. The van der Waals surface area contributed by atoms with Crippen LogP contribution >= 0.6 is 0 Å². The molecule has 32 heavy (non-hydrogen) atoms. The molecule has 1 aromatic rings. The Morgan fingerprint density at radius 3 is 2.56 bits per heavy atom. The van der Waals surface area contributed by atoms with Crippen LogP contribution in [0, 0.1) is 5.92 Å². The summed E-state index contributed by atoms with van der Waals surface area (Å²) in [5.74, 6) is -0.402. The molecule has 10 heteroatoms. The number of hydrogen-bond acceptors (Lipinski definition) is 5. The lowest BCUT2D eigenvalue weighted by molar-refractivity contribution is -0.140. The van der Waals surface area contributed by atoms with Crippen LogP contribution in [0.4, 0.5) is 18.9 Å². The van der Waals surface area contributed by atoms with Gasteiger partial charge in [0.25, 0.3) is 5.91 Å². The van der Waals surface area contributed by atoms with Crippen molar-refractivity contribution in [2.75, 3.05) is 45.7 Å². The minimum atomic E-state index is -4.26. The molecular formula is C22H32F3N3O4. The van der Waals surface area contributed by atoms with Crippen LogP contribution in [0.25, 0.3) is 0 Å². The third kappa shape index (κ3) is 7.37. The van der Waals surface area contributed by atoms with Gasteiger partial charge in [0.15, 0.2) is 0 Å².